The van der Waals surface area contributed by atoms with E-state index in [4.69, 9.17) is 31.5 Å². The Balaban J connectivity index is 1.71. The highest BCUT2D eigenvalue weighted by Gasteiger charge is 2.40. The van der Waals surface area contributed by atoms with Crippen LogP contribution in [-0.2, 0) is 14.9 Å². The van der Waals surface area contributed by atoms with Gasteiger partial charge >= 0.3 is 0 Å². The van der Waals surface area contributed by atoms with Crippen LogP contribution in [0.4, 0.5) is 0 Å². The molecule has 1 fully saturated rings. The van der Waals surface area contributed by atoms with Gasteiger partial charge in [0, 0.05) is 41.2 Å². The highest BCUT2D eigenvalue weighted by Crippen LogP contribution is 2.47. The molecule has 208 valence electrons. The zero-order valence-electron chi connectivity index (χ0n) is 22.6. The summed E-state index contributed by atoms with van der Waals surface area (Å²) in [5.41, 5.74) is 7.89. The van der Waals surface area contributed by atoms with Crippen LogP contribution in [0.2, 0.25) is 5.02 Å². The van der Waals surface area contributed by atoms with Gasteiger partial charge in [0.15, 0.2) is 17.3 Å². The van der Waals surface area contributed by atoms with E-state index >= 15 is 0 Å². The summed E-state index contributed by atoms with van der Waals surface area (Å²) in [7, 11) is 3.16. The minimum atomic E-state index is -0.767. The van der Waals surface area contributed by atoms with Crippen LogP contribution in [-0.4, -0.2) is 70.6 Å². The Labute approximate surface area is 232 Å². The molecule has 2 aliphatic rings. The molecule has 11 heteroatoms. The van der Waals surface area contributed by atoms with Gasteiger partial charge in [-0.1, -0.05) is 37.6 Å². The third-order valence-electron chi connectivity index (χ3n) is 7.50. The number of aliphatic hydroxyl groups is 1. The number of hydrogen-bond donors (Lipinski definition) is 2. The van der Waals surface area contributed by atoms with Gasteiger partial charge in [0.05, 0.1) is 32.4 Å². The first-order chi connectivity index (χ1) is 18.7. The Bertz CT molecular complexity index is 1380. The Kier molecular flexibility index (Phi) is 7.56. The number of benzene rings is 2. The molecular weight excluding hydrogens is 522 g/mol. The number of hydrogen-bond acceptors (Lipinski definition) is 8. The molecule has 0 bridgehead atoms. The number of nitrogens with zero attached hydrogens (tertiary/aromatic N) is 4. The number of β-amino-alcohol motifs (C(OH)–C–C–N with tert-alkyl or cyclic N) is 1. The number of nitrogens with two attached hydrogens (primary N) is 1. The summed E-state index contributed by atoms with van der Waals surface area (Å²) in [5, 5.41) is 19.6. The van der Waals surface area contributed by atoms with Crippen molar-refractivity contribution in [3.05, 3.63) is 64.2 Å². The van der Waals surface area contributed by atoms with Crippen molar-refractivity contribution in [2.24, 2.45) is 5.73 Å². The van der Waals surface area contributed by atoms with E-state index in [0.29, 0.717) is 59.8 Å². The van der Waals surface area contributed by atoms with Crippen molar-refractivity contribution in [3.8, 4) is 17.2 Å². The molecule has 10 nitrogen and oxygen atoms in total. The normalized spacial score (nSPS) is 20.8. The van der Waals surface area contributed by atoms with Crippen molar-refractivity contribution < 1.29 is 24.1 Å². The van der Waals surface area contributed by atoms with E-state index in [-0.39, 0.29) is 12.3 Å². The van der Waals surface area contributed by atoms with Gasteiger partial charge in [-0.15, -0.1) is 10.2 Å². The van der Waals surface area contributed by atoms with E-state index in [0.717, 1.165) is 11.3 Å². The lowest BCUT2D eigenvalue weighted by Gasteiger charge is -2.26. The molecule has 2 aliphatic heterocycles. The molecule has 0 aliphatic carbocycles. The predicted octanol–water partition coefficient (Wildman–Crippen LogP) is 3.32. The van der Waals surface area contributed by atoms with Crippen molar-refractivity contribution in [2.45, 2.75) is 50.4 Å². The maximum atomic E-state index is 13.4. The number of aromatic nitrogens is 3. The molecule has 3 aromatic rings. The number of halogens is 1. The quantitative estimate of drug-likeness (QED) is 0.455. The maximum Gasteiger partial charge on any atom is 0.225 e. The number of aliphatic hydroxyl groups excluding tert-OH is 1. The van der Waals surface area contributed by atoms with Crippen molar-refractivity contribution in [2.75, 3.05) is 33.9 Å². The van der Waals surface area contributed by atoms with Gasteiger partial charge in [-0.25, -0.2) is 0 Å². The molecule has 5 rings (SSSR count). The third-order valence-corrected chi connectivity index (χ3v) is 7.73. The number of rotatable bonds is 7. The van der Waals surface area contributed by atoms with Crippen molar-refractivity contribution in [1.82, 2.24) is 19.7 Å². The fourth-order valence-corrected chi connectivity index (χ4v) is 5.44. The lowest BCUT2D eigenvalue weighted by atomic mass is 9.92. The van der Waals surface area contributed by atoms with Gasteiger partial charge in [-0.05, 0) is 30.7 Å². The average molecular weight is 556 g/mol. The van der Waals surface area contributed by atoms with Gasteiger partial charge in [0.2, 0.25) is 5.91 Å². The van der Waals surface area contributed by atoms with Gasteiger partial charge in [-0.2, -0.15) is 0 Å². The highest BCUT2D eigenvalue weighted by atomic mass is 35.5. The number of amides is 1. The van der Waals surface area contributed by atoms with Gasteiger partial charge in [-0.3, -0.25) is 9.36 Å². The first-order valence-corrected chi connectivity index (χ1v) is 13.3. The Morgan fingerprint density at radius 2 is 2.00 bits per heavy atom. The average Bonchev–Trinajstić information content (AvgIpc) is 3.55. The minimum Gasteiger partial charge on any atom is -0.493 e. The van der Waals surface area contributed by atoms with E-state index in [1.165, 1.54) is 0 Å². The Morgan fingerprint density at radius 1 is 1.21 bits per heavy atom. The first kappa shape index (κ1) is 27.4. The molecule has 1 amide bonds. The van der Waals surface area contributed by atoms with Crippen molar-refractivity contribution in [1.29, 1.82) is 0 Å². The number of carbonyl (C=O) groups excluding carboxylic acids is 1. The number of ether oxygens (including phenoxy) is 3. The molecule has 3 heterocycles. The molecule has 39 heavy (non-hydrogen) atoms. The molecule has 3 N–H and O–H groups in total. The van der Waals surface area contributed by atoms with Gasteiger partial charge in [0.1, 0.15) is 18.0 Å². The number of likely N-dealkylation sites (tertiary alicyclic amines) is 1. The van der Waals surface area contributed by atoms with Gasteiger partial charge < -0.3 is 30.0 Å². The summed E-state index contributed by atoms with van der Waals surface area (Å²) in [5.74, 6) is 2.08. The van der Waals surface area contributed by atoms with E-state index in [9.17, 15) is 9.90 Å². The molecule has 1 aromatic heterocycles. The van der Waals surface area contributed by atoms with Crippen LogP contribution in [0.3, 0.4) is 0 Å². The number of methoxy groups -OCH3 is 2. The van der Waals surface area contributed by atoms with Crippen LogP contribution >= 0.6 is 11.6 Å². The molecule has 0 radical (unpaired) electrons. The fraction of sp³-hybridized carbons (Fsp3) is 0.464. The first-order valence-electron chi connectivity index (χ1n) is 13.0. The van der Waals surface area contributed by atoms with Crippen LogP contribution in [0.1, 0.15) is 61.7 Å². The second-order valence-corrected chi connectivity index (χ2v) is 11.0. The van der Waals surface area contributed by atoms with Crippen LogP contribution < -0.4 is 15.2 Å². The summed E-state index contributed by atoms with van der Waals surface area (Å²) in [6.07, 6.45) is -1.41. The second kappa shape index (κ2) is 10.8. The molecule has 3 atom stereocenters. The van der Waals surface area contributed by atoms with E-state index in [1.54, 1.807) is 25.2 Å². The monoisotopic (exact) mass is 555 g/mol. The number of carbonyl (C=O) groups is 1. The van der Waals surface area contributed by atoms with E-state index in [2.05, 4.69) is 10.2 Å². The molecule has 2 aromatic carbocycles. The molecule has 1 saturated heterocycles. The zero-order valence-corrected chi connectivity index (χ0v) is 23.3. The summed E-state index contributed by atoms with van der Waals surface area (Å²) in [4.78, 5) is 15.1. The summed E-state index contributed by atoms with van der Waals surface area (Å²) < 4.78 is 20.1. The SMILES string of the molecule is COc1cccc(C2OC(CC(=O)N3CCC(O)C3)c3nnc(C(C)(C)CN)n3-c3ccc(Cl)cc32)c1OC. The molecule has 0 spiro atoms. The lowest BCUT2D eigenvalue weighted by Crippen LogP contribution is -2.32. The summed E-state index contributed by atoms with van der Waals surface area (Å²) in [6, 6.07) is 11.2. The molecule has 3 unspecified atom stereocenters. The van der Waals surface area contributed by atoms with Crippen molar-refractivity contribution in [3.63, 3.8) is 0 Å². The third kappa shape index (κ3) is 4.98. The maximum absolute atomic E-state index is 13.4. The van der Waals surface area contributed by atoms with Crippen LogP contribution in [0.15, 0.2) is 36.4 Å². The fourth-order valence-electron chi connectivity index (χ4n) is 5.26. The van der Waals surface area contributed by atoms with Crippen LogP contribution in [0.25, 0.3) is 5.69 Å². The number of para-hydroxylation sites is 1. The highest BCUT2D eigenvalue weighted by molar-refractivity contribution is 6.30. The van der Waals surface area contributed by atoms with Gasteiger partial charge in [0.25, 0.3) is 0 Å². The lowest BCUT2D eigenvalue weighted by molar-refractivity contribution is -0.134. The molecule has 0 saturated carbocycles. The Hall–Kier alpha value is -3.18. The summed E-state index contributed by atoms with van der Waals surface area (Å²) in [6.45, 7) is 5.12. The minimum absolute atomic E-state index is 0.0123. The molecular formula is C28H34ClN5O5. The van der Waals surface area contributed by atoms with E-state index < -0.39 is 23.7 Å². The van der Waals surface area contributed by atoms with Crippen LogP contribution in [0.5, 0.6) is 11.5 Å². The standard InChI is InChI=1S/C28H34ClN5O5/c1-28(2,15-30)27-32-31-26-22(13-23(36)33-11-10-17(35)14-33)39-24(18-6-5-7-21(37-3)25(18)38-4)19-12-16(29)8-9-20(19)34(26)27/h5-9,12,17,22,24,35H,10-11,13-15,30H2,1-4H3. The summed E-state index contributed by atoms with van der Waals surface area (Å²) >= 11 is 6.54. The smallest absolute Gasteiger partial charge is 0.225 e. The Morgan fingerprint density at radius 3 is 2.67 bits per heavy atom. The van der Waals surface area contributed by atoms with E-state index in [1.807, 2.05) is 48.7 Å². The zero-order chi connectivity index (χ0) is 27.9. The second-order valence-electron chi connectivity index (χ2n) is 10.6. The largest absolute Gasteiger partial charge is 0.493 e. The van der Waals surface area contributed by atoms with Crippen molar-refractivity contribution >= 4 is 17.5 Å². The number of fused-ring (bicyclic) bond motifs is 3. The predicted molar refractivity (Wildman–Crippen MR) is 145 cm³/mol. The topological polar surface area (TPSA) is 125 Å². The van der Waals surface area contributed by atoms with Crippen LogP contribution in [0, 0.1) is 0 Å².